The molecule has 1 aromatic heterocycles. The molecule has 7 heteroatoms. The molecule has 0 N–H and O–H groups in total. The van der Waals surface area contributed by atoms with Crippen LogP contribution in [-0.2, 0) is 0 Å². The summed E-state index contributed by atoms with van der Waals surface area (Å²) in [5.41, 5.74) is 0.420. The molecule has 0 saturated heterocycles. The second kappa shape index (κ2) is 7.07. The maximum atomic E-state index is 12.1. The van der Waals surface area contributed by atoms with Gasteiger partial charge in [0.25, 0.3) is 0 Å². The molecule has 2 aromatic rings. The van der Waals surface area contributed by atoms with Gasteiger partial charge in [-0.25, -0.2) is 4.79 Å². The summed E-state index contributed by atoms with van der Waals surface area (Å²) in [4.78, 5) is 12.6. The monoisotopic (exact) mass is 429 g/mol. The Bertz CT molecular complexity index is 721. The van der Waals surface area contributed by atoms with E-state index in [4.69, 9.17) is 14.7 Å². The van der Waals surface area contributed by atoms with Crippen molar-refractivity contribution in [3.63, 3.8) is 0 Å². The Morgan fingerprint density at radius 1 is 1.38 bits per heavy atom. The van der Waals surface area contributed by atoms with Crippen LogP contribution in [0.25, 0.3) is 0 Å². The second-order valence-electron chi connectivity index (χ2n) is 3.82. The van der Waals surface area contributed by atoms with E-state index in [9.17, 15) is 4.79 Å². The van der Waals surface area contributed by atoms with E-state index in [0.29, 0.717) is 27.3 Å². The minimum absolute atomic E-state index is 0.269. The van der Waals surface area contributed by atoms with Crippen molar-refractivity contribution < 1.29 is 14.3 Å². The van der Waals surface area contributed by atoms with E-state index in [0.717, 1.165) is 3.79 Å². The maximum absolute atomic E-state index is 12.1. The van der Waals surface area contributed by atoms with Crippen molar-refractivity contribution in [2.45, 2.75) is 6.92 Å². The summed E-state index contributed by atoms with van der Waals surface area (Å²) in [6, 6.07) is 8.60. The molecule has 0 aliphatic carbocycles. The fourth-order valence-corrected chi connectivity index (χ4v) is 3.35. The van der Waals surface area contributed by atoms with Crippen LogP contribution in [0, 0.1) is 11.3 Å². The number of hydrogen-bond acceptors (Lipinski definition) is 5. The SMILES string of the molecule is CCOc1cc(C#N)cc(Br)c1OC(=O)c1ccc(Br)s1. The van der Waals surface area contributed by atoms with E-state index in [1.54, 1.807) is 24.3 Å². The van der Waals surface area contributed by atoms with Gasteiger partial charge in [-0.3, -0.25) is 0 Å². The highest BCUT2D eigenvalue weighted by molar-refractivity contribution is 9.11. The molecule has 0 saturated carbocycles. The highest BCUT2D eigenvalue weighted by atomic mass is 79.9. The summed E-state index contributed by atoms with van der Waals surface area (Å²) >= 11 is 7.88. The van der Waals surface area contributed by atoms with Gasteiger partial charge >= 0.3 is 5.97 Å². The van der Waals surface area contributed by atoms with Crippen LogP contribution < -0.4 is 9.47 Å². The average Bonchev–Trinajstić information content (AvgIpc) is 2.89. The van der Waals surface area contributed by atoms with Gasteiger partial charge in [0.15, 0.2) is 11.5 Å². The van der Waals surface area contributed by atoms with Gasteiger partial charge in [0.05, 0.1) is 26.5 Å². The Balaban J connectivity index is 2.34. The van der Waals surface area contributed by atoms with E-state index in [-0.39, 0.29) is 5.75 Å². The van der Waals surface area contributed by atoms with Crippen LogP contribution >= 0.6 is 43.2 Å². The zero-order valence-electron chi connectivity index (χ0n) is 10.9. The largest absolute Gasteiger partial charge is 0.490 e. The van der Waals surface area contributed by atoms with Crippen LogP contribution in [0.3, 0.4) is 0 Å². The van der Waals surface area contributed by atoms with Crippen molar-refractivity contribution in [1.29, 1.82) is 5.26 Å². The number of benzene rings is 1. The summed E-state index contributed by atoms with van der Waals surface area (Å²) in [5, 5.41) is 8.97. The third-order valence-electron chi connectivity index (χ3n) is 2.41. The van der Waals surface area contributed by atoms with Gasteiger partial charge in [0, 0.05) is 6.07 Å². The summed E-state index contributed by atoms with van der Waals surface area (Å²) in [7, 11) is 0. The number of ether oxygens (including phenoxy) is 2. The second-order valence-corrected chi connectivity index (χ2v) is 7.14. The first kappa shape index (κ1) is 16.0. The van der Waals surface area contributed by atoms with Crippen LogP contribution in [0.2, 0.25) is 0 Å². The minimum atomic E-state index is -0.475. The first-order chi connectivity index (χ1) is 10.0. The van der Waals surface area contributed by atoms with Gasteiger partial charge in [-0.05, 0) is 57.0 Å². The zero-order valence-corrected chi connectivity index (χ0v) is 14.8. The van der Waals surface area contributed by atoms with Gasteiger partial charge in [-0.2, -0.15) is 5.26 Å². The Labute approximate surface area is 142 Å². The number of halogens is 2. The lowest BCUT2D eigenvalue weighted by Crippen LogP contribution is -2.08. The smallest absolute Gasteiger partial charge is 0.353 e. The van der Waals surface area contributed by atoms with E-state index in [2.05, 4.69) is 31.9 Å². The lowest BCUT2D eigenvalue weighted by Gasteiger charge is -2.12. The molecule has 2 rings (SSSR count). The van der Waals surface area contributed by atoms with Crippen LogP contribution in [0.1, 0.15) is 22.2 Å². The van der Waals surface area contributed by atoms with Gasteiger partial charge in [-0.1, -0.05) is 0 Å². The number of carbonyl (C=O) groups excluding carboxylic acids is 1. The van der Waals surface area contributed by atoms with E-state index >= 15 is 0 Å². The third-order valence-corrected chi connectivity index (χ3v) is 4.60. The van der Waals surface area contributed by atoms with Crippen molar-refractivity contribution in [2.24, 2.45) is 0 Å². The van der Waals surface area contributed by atoms with Crippen LogP contribution in [-0.4, -0.2) is 12.6 Å². The molecule has 0 fully saturated rings. The first-order valence-corrected chi connectivity index (χ1v) is 8.29. The molecule has 0 atom stereocenters. The highest BCUT2D eigenvalue weighted by Gasteiger charge is 2.18. The zero-order chi connectivity index (χ0) is 15.4. The quantitative estimate of drug-likeness (QED) is 0.518. The number of thiophene rings is 1. The lowest BCUT2D eigenvalue weighted by molar-refractivity contribution is 0.0732. The Hall–Kier alpha value is -1.36. The summed E-state index contributed by atoms with van der Waals surface area (Å²) in [5.74, 6) is 0.148. The molecule has 1 aromatic carbocycles. The Morgan fingerprint density at radius 2 is 2.14 bits per heavy atom. The first-order valence-electron chi connectivity index (χ1n) is 5.89. The van der Waals surface area contributed by atoms with Crippen molar-refractivity contribution in [2.75, 3.05) is 6.61 Å². The molecule has 0 spiro atoms. The summed E-state index contributed by atoms with van der Waals surface area (Å²) in [6.07, 6.45) is 0. The Kier molecular flexibility index (Phi) is 5.39. The summed E-state index contributed by atoms with van der Waals surface area (Å²) < 4.78 is 12.2. The molecule has 0 radical (unpaired) electrons. The molecule has 21 heavy (non-hydrogen) atoms. The molecule has 0 bridgehead atoms. The lowest BCUT2D eigenvalue weighted by atomic mass is 10.2. The van der Waals surface area contributed by atoms with E-state index in [1.807, 2.05) is 13.0 Å². The van der Waals surface area contributed by atoms with Crippen molar-refractivity contribution in [3.05, 3.63) is 43.0 Å². The topological polar surface area (TPSA) is 59.3 Å². The molecular formula is C14H9Br2NO3S. The van der Waals surface area contributed by atoms with Gasteiger partial charge in [0.1, 0.15) is 4.88 Å². The average molecular weight is 431 g/mol. The fourth-order valence-electron chi connectivity index (χ4n) is 1.56. The maximum Gasteiger partial charge on any atom is 0.353 e. The standard InChI is InChI=1S/C14H9Br2NO3S/c1-2-19-10-6-8(7-17)5-9(15)13(10)20-14(18)11-3-4-12(16)21-11/h3-6H,2H2,1H3. The molecule has 1 heterocycles. The number of esters is 1. The van der Waals surface area contributed by atoms with Crippen molar-refractivity contribution in [1.82, 2.24) is 0 Å². The number of rotatable bonds is 4. The highest BCUT2D eigenvalue weighted by Crippen LogP contribution is 2.37. The third kappa shape index (κ3) is 3.84. The van der Waals surface area contributed by atoms with Crippen LogP contribution in [0.15, 0.2) is 32.5 Å². The number of carbonyl (C=O) groups is 1. The number of nitrogens with zero attached hydrogens (tertiary/aromatic N) is 1. The molecular weight excluding hydrogens is 422 g/mol. The molecule has 0 unspecified atom stereocenters. The predicted molar refractivity (Wildman–Crippen MR) is 87.0 cm³/mol. The van der Waals surface area contributed by atoms with Gasteiger partial charge in [0.2, 0.25) is 0 Å². The van der Waals surface area contributed by atoms with Crippen LogP contribution in [0.4, 0.5) is 0 Å². The van der Waals surface area contributed by atoms with Gasteiger partial charge in [-0.15, -0.1) is 11.3 Å². The van der Waals surface area contributed by atoms with E-state index < -0.39 is 5.97 Å². The molecule has 0 aliphatic heterocycles. The Morgan fingerprint density at radius 3 is 2.71 bits per heavy atom. The number of hydrogen-bond donors (Lipinski definition) is 0. The van der Waals surface area contributed by atoms with Crippen LogP contribution in [0.5, 0.6) is 11.5 Å². The minimum Gasteiger partial charge on any atom is -0.490 e. The predicted octanol–water partition coefficient (Wildman–Crippen LogP) is 4.76. The summed E-state index contributed by atoms with van der Waals surface area (Å²) in [6.45, 7) is 2.21. The fraction of sp³-hybridized carbons (Fsp3) is 0.143. The molecule has 108 valence electrons. The van der Waals surface area contributed by atoms with Crippen molar-refractivity contribution >= 4 is 49.2 Å². The normalized spacial score (nSPS) is 10.0. The molecule has 0 aliphatic rings. The molecule has 0 amide bonds. The van der Waals surface area contributed by atoms with Gasteiger partial charge < -0.3 is 9.47 Å². The molecule has 4 nitrogen and oxygen atoms in total. The number of nitriles is 1. The van der Waals surface area contributed by atoms with Crippen molar-refractivity contribution in [3.8, 4) is 17.6 Å². The van der Waals surface area contributed by atoms with E-state index in [1.165, 1.54) is 11.3 Å².